The molecule has 6 heteroatoms. The Labute approximate surface area is 227 Å². The fourth-order valence-electron chi connectivity index (χ4n) is 7.15. The highest BCUT2D eigenvalue weighted by Gasteiger charge is 2.65. The van der Waals surface area contributed by atoms with Crippen molar-refractivity contribution < 1.29 is 9.59 Å². The van der Waals surface area contributed by atoms with Crippen LogP contribution in [0.1, 0.15) is 117 Å². The van der Waals surface area contributed by atoms with Gasteiger partial charge in [-0.3, -0.25) is 9.59 Å². The molecular formula is C28H44Cl4O2. The van der Waals surface area contributed by atoms with E-state index in [4.69, 9.17) is 46.4 Å². The third kappa shape index (κ3) is 6.14. The van der Waals surface area contributed by atoms with Crippen LogP contribution in [0.5, 0.6) is 0 Å². The number of rotatable bonds is 12. The lowest BCUT2D eigenvalue weighted by Gasteiger charge is -2.44. The number of Topliss-reactive ketones (excluding diaryl/α,β-unsaturated/α-hetero) is 2. The lowest BCUT2D eigenvalue weighted by Crippen LogP contribution is -2.55. The average Bonchev–Trinajstić information content (AvgIpc) is 3.41. The number of alkyl halides is 4. The van der Waals surface area contributed by atoms with Crippen LogP contribution in [0.3, 0.4) is 0 Å². The van der Waals surface area contributed by atoms with Gasteiger partial charge in [-0.2, -0.15) is 0 Å². The van der Waals surface area contributed by atoms with E-state index >= 15 is 0 Å². The second kappa shape index (κ2) is 12.8. The number of halogens is 4. The fourth-order valence-corrected chi connectivity index (χ4v) is 9.03. The van der Waals surface area contributed by atoms with Gasteiger partial charge in [-0.05, 0) is 37.5 Å². The minimum atomic E-state index is -1.05. The number of hydrogen-bond donors (Lipinski definition) is 0. The lowest BCUT2D eigenvalue weighted by atomic mass is 9.69. The molecule has 0 bridgehead atoms. The molecule has 0 aliphatic heterocycles. The molecule has 6 unspecified atom stereocenters. The van der Waals surface area contributed by atoms with E-state index in [0.29, 0.717) is 11.8 Å². The zero-order chi connectivity index (χ0) is 24.9. The molecule has 0 radical (unpaired) electrons. The molecular weight excluding hydrogens is 510 g/mol. The van der Waals surface area contributed by atoms with E-state index in [1.54, 1.807) is 0 Å². The quantitative estimate of drug-likeness (QED) is 0.178. The van der Waals surface area contributed by atoms with E-state index < -0.39 is 8.67 Å². The molecule has 4 rings (SSSR count). The summed E-state index contributed by atoms with van der Waals surface area (Å²) in [5.74, 6) is 2.23. The predicted octanol–water partition coefficient (Wildman–Crippen LogP) is 9.49. The summed E-state index contributed by atoms with van der Waals surface area (Å²) < 4.78 is -2.09. The normalized spacial score (nSPS) is 34.5. The van der Waals surface area contributed by atoms with Gasteiger partial charge in [0.2, 0.25) is 0 Å². The van der Waals surface area contributed by atoms with Crippen molar-refractivity contribution in [3.8, 4) is 0 Å². The van der Waals surface area contributed by atoms with Crippen LogP contribution in [0.25, 0.3) is 0 Å². The molecule has 34 heavy (non-hydrogen) atoms. The average molecular weight is 554 g/mol. The highest BCUT2D eigenvalue weighted by atomic mass is 35.5. The molecule has 4 aliphatic carbocycles. The first-order valence-corrected chi connectivity index (χ1v) is 15.5. The first kappa shape index (κ1) is 29.1. The minimum absolute atomic E-state index is 0.0827. The molecule has 0 aromatic rings. The maximum Gasteiger partial charge on any atom is 0.179 e. The van der Waals surface area contributed by atoms with Crippen LogP contribution in [0.4, 0.5) is 0 Å². The van der Waals surface area contributed by atoms with Crippen molar-refractivity contribution in [3.63, 3.8) is 0 Å². The summed E-state index contributed by atoms with van der Waals surface area (Å²) in [6.07, 6.45) is 19.8. The summed E-state index contributed by atoms with van der Waals surface area (Å²) in [5.41, 5.74) is 0. The summed E-state index contributed by atoms with van der Waals surface area (Å²) >= 11 is 24.5. The van der Waals surface area contributed by atoms with Gasteiger partial charge in [-0.1, -0.05) is 137 Å². The lowest BCUT2D eigenvalue weighted by molar-refractivity contribution is -0.135. The Balaban J connectivity index is 0.000000191. The molecule has 6 atom stereocenters. The van der Waals surface area contributed by atoms with Crippen LogP contribution >= 0.6 is 46.4 Å². The van der Waals surface area contributed by atoms with Gasteiger partial charge in [0.15, 0.2) is 20.2 Å². The molecule has 0 aromatic carbocycles. The molecule has 0 N–H and O–H groups in total. The van der Waals surface area contributed by atoms with Crippen LogP contribution < -0.4 is 0 Å². The molecule has 0 amide bonds. The Morgan fingerprint density at radius 1 is 0.588 bits per heavy atom. The predicted molar refractivity (Wildman–Crippen MR) is 145 cm³/mol. The molecule has 0 heterocycles. The maximum atomic E-state index is 11.7. The van der Waals surface area contributed by atoms with E-state index in [1.165, 1.54) is 77.0 Å². The summed E-state index contributed by atoms with van der Waals surface area (Å²) in [6.45, 7) is 4.47. The number of ketones is 2. The fraction of sp³-hybridized carbons (Fsp3) is 0.929. The highest BCUT2D eigenvalue weighted by Crippen LogP contribution is 2.61. The summed E-state index contributed by atoms with van der Waals surface area (Å²) in [7, 11) is 0. The standard InChI is InChI=1S/2C14H22Cl2O/c2*1-2-3-4-5-6-7-10-8-9-11-12(10)14(15,16)13(11)17/h2*10-12H,2-9H2,1H3. The Kier molecular flexibility index (Phi) is 11.0. The molecule has 0 spiro atoms. The Morgan fingerprint density at radius 3 is 1.29 bits per heavy atom. The van der Waals surface area contributed by atoms with E-state index in [1.807, 2.05) is 0 Å². The van der Waals surface area contributed by atoms with Crippen LogP contribution in [-0.4, -0.2) is 20.2 Å². The van der Waals surface area contributed by atoms with Gasteiger partial charge in [-0.25, -0.2) is 0 Å². The third-order valence-electron chi connectivity index (χ3n) is 9.10. The Hall–Kier alpha value is 0.500. The van der Waals surface area contributed by atoms with Crippen molar-refractivity contribution in [1.82, 2.24) is 0 Å². The maximum absolute atomic E-state index is 11.7. The number of carbonyl (C=O) groups excluding carboxylic acids is 2. The number of fused-ring (bicyclic) bond motifs is 2. The monoisotopic (exact) mass is 552 g/mol. The van der Waals surface area contributed by atoms with Crippen LogP contribution in [0, 0.1) is 35.5 Å². The Bertz CT molecular complexity index is 634. The zero-order valence-corrected chi connectivity index (χ0v) is 24.1. The summed E-state index contributed by atoms with van der Waals surface area (Å²) in [5, 5.41) is 0. The largest absolute Gasteiger partial charge is 0.296 e. The number of unbranched alkanes of at least 4 members (excludes halogenated alkanes) is 8. The van der Waals surface area contributed by atoms with Crippen molar-refractivity contribution in [2.75, 3.05) is 0 Å². The van der Waals surface area contributed by atoms with Crippen molar-refractivity contribution in [3.05, 3.63) is 0 Å². The van der Waals surface area contributed by atoms with Crippen molar-refractivity contribution in [1.29, 1.82) is 0 Å². The molecule has 4 fully saturated rings. The number of carbonyl (C=O) groups is 2. The minimum Gasteiger partial charge on any atom is -0.296 e. The van der Waals surface area contributed by atoms with Gasteiger partial charge < -0.3 is 0 Å². The molecule has 2 nitrogen and oxygen atoms in total. The van der Waals surface area contributed by atoms with E-state index in [2.05, 4.69) is 13.8 Å². The van der Waals surface area contributed by atoms with Gasteiger partial charge in [0.25, 0.3) is 0 Å². The second-order valence-corrected chi connectivity index (χ2v) is 14.1. The van der Waals surface area contributed by atoms with E-state index in [-0.39, 0.29) is 35.2 Å². The molecule has 4 aliphatic rings. The third-order valence-corrected chi connectivity index (χ3v) is 10.9. The number of hydrogen-bond acceptors (Lipinski definition) is 2. The molecule has 4 saturated carbocycles. The van der Waals surface area contributed by atoms with Crippen molar-refractivity contribution in [2.24, 2.45) is 35.5 Å². The van der Waals surface area contributed by atoms with Crippen molar-refractivity contribution >= 4 is 58.0 Å². The highest BCUT2D eigenvalue weighted by molar-refractivity contribution is 6.61. The smallest absolute Gasteiger partial charge is 0.179 e. The van der Waals surface area contributed by atoms with Crippen LogP contribution in [0.2, 0.25) is 0 Å². The Morgan fingerprint density at radius 2 is 0.941 bits per heavy atom. The van der Waals surface area contributed by atoms with Gasteiger partial charge in [0, 0.05) is 23.7 Å². The van der Waals surface area contributed by atoms with Crippen LogP contribution in [0.15, 0.2) is 0 Å². The van der Waals surface area contributed by atoms with Gasteiger partial charge in [-0.15, -0.1) is 0 Å². The van der Waals surface area contributed by atoms with Gasteiger partial charge in [0.1, 0.15) is 0 Å². The van der Waals surface area contributed by atoms with E-state index in [0.717, 1.165) is 25.7 Å². The molecule has 196 valence electrons. The zero-order valence-electron chi connectivity index (χ0n) is 21.1. The van der Waals surface area contributed by atoms with E-state index in [9.17, 15) is 9.59 Å². The van der Waals surface area contributed by atoms with Crippen molar-refractivity contribution in [2.45, 2.75) is 125 Å². The van der Waals surface area contributed by atoms with Gasteiger partial charge >= 0.3 is 0 Å². The molecule has 0 aromatic heterocycles. The second-order valence-electron chi connectivity index (χ2n) is 11.3. The first-order valence-electron chi connectivity index (χ1n) is 14.0. The molecule has 0 saturated heterocycles. The SMILES string of the molecule is CCCCCCCC1CCC2C(=O)C(Cl)(Cl)C12.CCCCCCCC1CCC2C(=O)C(Cl)(Cl)C12. The summed E-state index contributed by atoms with van der Waals surface area (Å²) in [4.78, 5) is 23.3. The van der Waals surface area contributed by atoms with Gasteiger partial charge in [0.05, 0.1) is 0 Å². The van der Waals surface area contributed by atoms with Crippen LogP contribution in [-0.2, 0) is 9.59 Å². The summed E-state index contributed by atoms with van der Waals surface area (Å²) in [6, 6.07) is 0. The topological polar surface area (TPSA) is 34.1 Å². The first-order chi connectivity index (χ1) is 16.2.